The van der Waals surface area contributed by atoms with Crippen LogP contribution in [-0.4, -0.2) is 40.7 Å². The van der Waals surface area contributed by atoms with Gasteiger partial charge in [0.25, 0.3) is 5.91 Å². The van der Waals surface area contributed by atoms with Crippen molar-refractivity contribution in [2.45, 2.75) is 18.4 Å². The summed E-state index contributed by atoms with van der Waals surface area (Å²) in [6.45, 7) is 0.665. The SMILES string of the molecule is O=C(NC1(C(=O)O)CCOCC1)c1cccc2cc[nH]c12. The number of carbonyl (C=O) groups excluding carboxylic acids is 1. The maximum absolute atomic E-state index is 12.5. The van der Waals surface area contributed by atoms with Crippen molar-refractivity contribution >= 4 is 22.8 Å². The molecule has 1 aliphatic rings. The molecule has 1 aliphatic heterocycles. The highest BCUT2D eigenvalue weighted by Gasteiger charge is 2.41. The van der Waals surface area contributed by atoms with E-state index in [4.69, 9.17) is 4.74 Å². The summed E-state index contributed by atoms with van der Waals surface area (Å²) in [5.74, 6) is -1.40. The lowest BCUT2D eigenvalue weighted by atomic mass is 9.89. The molecule has 1 aromatic heterocycles. The van der Waals surface area contributed by atoms with Crippen LogP contribution in [0.3, 0.4) is 0 Å². The molecule has 3 rings (SSSR count). The fourth-order valence-corrected chi connectivity index (χ4v) is 2.67. The van der Waals surface area contributed by atoms with Crippen LogP contribution in [0.25, 0.3) is 10.9 Å². The Morgan fingerprint density at radius 2 is 2.00 bits per heavy atom. The Morgan fingerprint density at radius 1 is 1.24 bits per heavy atom. The zero-order valence-electron chi connectivity index (χ0n) is 11.4. The summed E-state index contributed by atoms with van der Waals surface area (Å²) in [5.41, 5.74) is -0.0865. The Balaban J connectivity index is 1.91. The van der Waals surface area contributed by atoms with E-state index in [1.165, 1.54) is 0 Å². The largest absolute Gasteiger partial charge is 0.480 e. The van der Waals surface area contributed by atoms with Gasteiger partial charge in [0.15, 0.2) is 0 Å². The van der Waals surface area contributed by atoms with Gasteiger partial charge in [0.2, 0.25) is 0 Å². The van der Waals surface area contributed by atoms with Crippen LogP contribution < -0.4 is 5.32 Å². The normalized spacial score (nSPS) is 17.5. The zero-order chi connectivity index (χ0) is 14.9. The van der Waals surface area contributed by atoms with Crippen LogP contribution in [0.5, 0.6) is 0 Å². The molecule has 0 spiro atoms. The molecular weight excluding hydrogens is 272 g/mol. The number of benzene rings is 1. The number of aromatic nitrogens is 1. The second-order valence-corrected chi connectivity index (χ2v) is 5.20. The van der Waals surface area contributed by atoms with Crippen molar-refractivity contribution in [3.05, 3.63) is 36.0 Å². The number of carboxylic acid groups (broad SMARTS) is 1. The van der Waals surface area contributed by atoms with E-state index in [-0.39, 0.29) is 18.7 Å². The summed E-state index contributed by atoms with van der Waals surface area (Å²) in [6.07, 6.45) is 2.30. The van der Waals surface area contributed by atoms with Gasteiger partial charge in [-0.2, -0.15) is 0 Å². The average Bonchev–Trinajstić information content (AvgIpc) is 2.96. The fraction of sp³-hybridized carbons (Fsp3) is 0.333. The van der Waals surface area contributed by atoms with Crippen molar-refractivity contribution in [1.82, 2.24) is 10.3 Å². The number of para-hydroxylation sites is 1. The van der Waals surface area contributed by atoms with E-state index in [2.05, 4.69) is 10.3 Å². The Labute approximate surface area is 121 Å². The lowest BCUT2D eigenvalue weighted by molar-refractivity contribution is -0.148. The topological polar surface area (TPSA) is 91.4 Å². The Morgan fingerprint density at radius 3 is 2.71 bits per heavy atom. The van der Waals surface area contributed by atoms with Crippen LogP contribution in [0.2, 0.25) is 0 Å². The van der Waals surface area contributed by atoms with Crippen LogP contribution >= 0.6 is 0 Å². The summed E-state index contributed by atoms with van der Waals surface area (Å²) < 4.78 is 5.20. The molecule has 1 amide bonds. The lowest BCUT2D eigenvalue weighted by Gasteiger charge is -2.33. The summed E-state index contributed by atoms with van der Waals surface area (Å²) in [5, 5.41) is 13.1. The van der Waals surface area contributed by atoms with Gasteiger partial charge in [-0.1, -0.05) is 12.1 Å². The van der Waals surface area contributed by atoms with Crippen molar-refractivity contribution in [2.24, 2.45) is 0 Å². The number of aliphatic carboxylic acids is 1. The molecule has 0 radical (unpaired) electrons. The maximum Gasteiger partial charge on any atom is 0.329 e. The van der Waals surface area contributed by atoms with Crippen LogP contribution in [0.4, 0.5) is 0 Å². The number of H-pyrrole nitrogens is 1. The standard InChI is InChI=1S/C15H16N2O4/c18-13(11-3-1-2-10-4-7-16-12(10)11)17-15(14(19)20)5-8-21-9-6-15/h1-4,7,16H,5-6,8-9H2,(H,17,18)(H,19,20). The minimum atomic E-state index is -1.25. The van der Waals surface area contributed by atoms with Gasteiger partial charge >= 0.3 is 5.97 Å². The number of hydrogen-bond acceptors (Lipinski definition) is 3. The van der Waals surface area contributed by atoms with Crippen molar-refractivity contribution in [1.29, 1.82) is 0 Å². The van der Waals surface area contributed by atoms with Crippen molar-refractivity contribution in [2.75, 3.05) is 13.2 Å². The van der Waals surface area contributed by atoms with Gasteiger partial charge in [0.1, 0.15) is 5.54 Å². The maximum atomic E-state index is 12.5. The molecule has 1 aromatic carbocycles. The van der Waals surface area contributed by atoms with E-state index in [1.807, 2.05) is 12.1 Å². The molecule has 0 aliphatic carbocycles. The Hall–Kier alpha value is -2.34. The summed E-state index contributed by atoms with van der Waals surface area (Å²) in [7, 11) is 0. The third kappa shape index (κ3) is 2.38. The first-order chi connectivity index (χ1) is 10.1. The smallest absolute Gasteiger partial charge is 0.329 e. The van der Waals surface area contributed by atoms with Gasteiger partial charge in [-0.3, -0.25) is 4.79 Å². The van der Waals surface area contributed by atoms with Gasteiger partial charge in [-0.25, -0.2) is 4.79 Å². The van der Waals surface area contributed by atoms with Gasteiger partial charge < -0.3 is 20.1 Å². The van der Waals surface area contributed by atoms with E-state index in [1.54, 1.807) is 18.3 Å². The van der Waals surface area contributed by atoms with Gasteiger partial charge in [0.05, 0.1) is 11.1 Å². The molecule has 0 saturated carbocycles. The molecule has 0 bridgehead atoms. The minimum absolute atomic E-state index is 0.273. The number of aromatic amines is 1. The molecule has 6 heteroatoms. The molecule has 6 nitrogen and oxygen atoms in total. The number of ether oxygens (including phenoxy) is 1. The molecule has 2 aromatic rings. The predicted molar refractivity (Wildman–Crippen MR) is 76.2 cm³/mol. The summed E-state index contributed by atoms with van der Waals surface area (Å²) in [4.78, 5) is 27.1. The molecule has 0 unspecified atom stereocenters. The number of amides is 1. The fourth-order valence-electron chi connectivity index (χ4n) is 2.67. The van der Waals surface area contributed by atoms with Gasteiger partial charge in [-0.15, -0.1) is 0 Å². The molecule has 1 saturated heterocycles. The van der Waals surface area contributed by atoms with Crippen LogP contribution in [0, 0.1) is 0 Å². The minimum Gasteiger partial charge on any atom is -0.480 e. The molecule has 3 N–H and O–H groups in total. The van der Waals surface area contributed by atoms with E-state index < -0.39 is 11.5 Å². The first-order valence-corrected chi connectivity index (χ1v) is 6.82. The monoisotopic (exact) mass is 288 g/mol. The highest BCUT2D eigenvalue weighted by Crippen LogP contribution is 2.23. The molecule has 110 valence electrons. The lowest BCUT2D eigenvalue weighted by Crippen LogP contribution is -2.57. The first-order valence-electron chi connectivity index (χ1n) is 6.82. The van der Waals surface area contributed by atoms with Crippen LogP contribution in [0.15, 0.2) is 30.5 Å². The second kappa shape index (κ2) is 5.21. The average molecular weight is 288 g/mol. The van der Waals surface area contributed by atoms with E-state index in [0.29, 0.717) is 24.3 Å². The number of carbonyl (C=O) groups is 2. The quantitative estimate of drug-likeness (QED) is 0.798. The molecule has 21 heavy (non-hydrogen) atoms. The van der Waals surface area contributed by atoms with E-state index in [9.17, 15) is 14.7 Å². The van der Waals surface area contributed by atoms with E-state index in [0.717, 1.165) is 5.39 Å². The highest BCUT2D eigenvalue weighted by molar-refractivity contribution is 6.07. The second-order valence-electron chi connectivity index (χ2n) is 5.20. The molecule has 2 heterocycles. The number of fused-ring (bicyclic) bond motifs is 1. The van der Waals surface area contributed by atoms with Crippen molar-refractivity contribution in [3.8, 4) is 0 Å². The highest BCUT2D eigenvalue weighted by atomic mass is 16.5. The molecular formula is C15H16N2O4. The number of hydrogen-bond donors (Lipinski definition) is 3. The van der Waals surface area contributed by atoms with Gasteiger partial charge in [-0.05, 0) is 12.1 Å². The third-order valence-electron chi connectivity index (χ3n) is 3.94. The number of rotatable bonds is 3. The van der Waals surface area contributed by atoms with Crippen LogP contribution in [0.1, 0.15) is 23.2 Å². The van der Waals surface area contributed by atoms with Crippen molar-refractivity contribution in [3.63, 3.8) is 0 Å². The zero-order valence-corrected chi connectivity index (χ0v) is 11.4. The first kappa shape index (κ1) is 13.6. The molecule has 1 fully saturated rings. The number of nitrogens with one attached hydrogen (secondary N) is 2. The van der Waals surface area contributed by atoms with Crippen LogP contribution in [-0.2, 0) is 9.53 Å². The van der Waals surface area contributed by atoms with Gasteiger partial charge in [0, 0.05) is 37.6 Å². The Kier molecular flexibility index (Phi) is 3.39. The number of carboxylic acids is 1. The van der Waals surface area contributed by atoms with Crippen molar-refractivity contribution < 1.29 is 19.4 Å². The molecule has 0 atom stereocenters. The Bertz CT molecular complexity index is 686. The van der Waals surface area contributed by atoms with E-state index >= 15 is 0 Å². The summed E-state index contributed by atoms with van der Waals surface area (Å²) in [6, 6.07) is 7.23. The third-order valence-corrected chi connectivity index (χ3v) is 3.94. The summed E-state index contributed by atoms with van der Waals surface area (Å²) >= 11 is 0. The predicted octanol–water partition coefficient (Wildman–Crippen LogP) is 1.53.